The van der Waals surface area contributed by atoms with Gasteiger partial charge in [0.2, 0.25) is 5.91 Å². The van der Waals surface area contributed by atoms with Gasteiger partial charge in [-0.25, -0.2) is 10.5 Å². The van der Waals surface area contributed by atoms with Crippen molar-refractivity contribution in [3.8, 4) is 0 Å². The van der Waals surface area contributed by atoms with E-state index in [9.17, 15) is 9.59 Å². The largest absolute Gasteiger partial charge is 0.357 e. The van der Waals surface area contributed by atoms with Gasteiger partial charge in [0.15, 0.2) is 0 Å². The maximum atomic E-state index is 12.1. The molecule has 1 atom stereocenters. The Morgan fingerprint density at radius 1 is 1.24 bits per heavy atom. The van der Waals surface area contributed by atoms with Crippen molar-refractivity contribution < 1.29 is 14.8 Å². The molecular weight excluding hydrogens is 324 g/mol. The molecule has 9 nitrogen and oxygen atoms in total. The third-order valence-corrected chi connectivity index (χ3v) is 3.12. The SMILES string of the molecule is C[C@@H](Nc1cnc(/C=C/C(=O)NO)cn1)C(=O)NCc1ccccn1. The highest BCUT2D eigenvalue weighted by atomic mass is 16.5. The number of hydrogen-bond acceptors (Lipinski definition) is 7. The molecule has 9 heteroatoms. The van der Waals surface area contributed by atoms with E-state index in [0.717, 1.165) is 11.8 Å². The minimum Gasteiger partial charge on any atom is -0.357 e. The van der Waals surface area contributed by atoms with Gasteiger partial charge in [0.1, 0.15) is 11.9 Å². The van der Waals surface area contributed by atoms with Crippen molar-refractivity contribution >= 4 is 23.7 Å². The van der Waals surface area contributed by atoms with E-state index in [0.29, 0.717) is 18.1 Å². The Morgan fingerprint density at radius 2 is 2.08 bits per heavy atom. The van der Waals surface area contributed by atoms with Crippen molar-refractivity contribution in [2.24, 2.45) is 0 Å². The molecule has 0 aliphatic heterocycles. The van der Waals surface area contributed by atoms with Gasteiger partial charge in [-0.3, -0.25) is 24.8 Å². The minimum atomic E-state index is -0.665. The fraction of sp³-hybridized carbons (Fsp3) is 0.188. The summed E-state index contributed by atoms with van der Waals surface area (Å²) in [5.41, 5.74) is 2.67. The highest BCUT2D eigenvalue weighted by molar-refractivity contribution is 5.90. The second kappa shape index (κ2) is 9.08. The molecule has 0 spiro atoms. The Balaban J connectivity index is 1.85. The van der Waals surface area contributed by atoms with Crippen LogP contribution in [0.1, 0.15) is 18.3 Å². The number of pyridine rings is 1. The van der Waals surface area contributed by atoms with Crippen LogP contribution in [0, 0.1) is 0 Å². The summed E-state index contributed by atoms with van der Waals surface area (Å²) in [5, 5.41) is 14.1. The number of nitrogens with zero attached hydrogens (tertiary/aromatic N) is 3. The van der Waals surface area contributed by atoms with E-state index >= 15 is 0 Å². The van der Waals surface area contributed by atoms with Gasteiger partial charge >= 0.3 is 0 Å². The van der Waals surface area contributed by atoms with Crippen LogP contribution in [-0.2, 0) is 16.1 Å². The minimum absolute atomic E-state index is 0.198. The van der Waals surface area contributed by atoms with Gasteiger partial charge in [-0.15, -0.1) is 0 Å². The summed E-state index contributed by atoms with van der Waals surface area (Å²) in [7, 11) is 0. The number of carbonyl (C=O) groups is 2. The number of nitrogens with one attached hydrogen (secondary N) is 3. The fourth-order valence-electron chi connectivity index (χ4n) is 1.82. The molecule has 0 aliphatic rings. The molecule has 25 heavy (non-hydrogen) atoms. The van der Waals surface area contributed by atoms with Crippen LogP contribution in [0.5, 0.6) is 0 Å². The van der Waals surface area contributed by atoms with Crippen molar-refractivity contribution in [1.82, 2.24) is 25.7 Å². The standard InChI is InChI=1S/C16H18N6O3/c1-11(16(24)20-9-12-4-2-3-7-17-12)21-14-10-18-13(8-19-14)5-6-15(23)22-25/h2-8,10-11,25H,9H2,1H3,(H,19,21)(H,20,24)(H,22,23)/b6-5+/t11-/m1/s1. The van der Waals surface area contributed by atoms with Gasteiger partial charge in [0.25, 0.3) is 5.91 Å². The van der Waals surface area contributed by atoms with Crippen LogP contribution in [0.2, 0.25) is 0 Å². The first-order chi connectivity index (χ1) is 12.1. The van der Waals surface area contributed by atoms with Gasteiger partial charge in [0, 0.05) is 12.3 Å². The van der Waals surface area contributed by atoms with E-state index in [1.165, 1.54) is 23.9 Å². The molecule has 130 valence electrons. The number of aromatic nitrogens is 3. The van der Waals surface area contributed by atoms with Gasteiger partial charge in [-0.05, 0) is 25.1 Å². The van der Waals surface area contributed by atoms with Crippen LogP contribution in [0.15, 0.2) is 42.9 Å². The van der Waals surface area contributed by atoms with E-state index < -0.39 is 11.9 Å². The second-order valence-electron chi connectivity index (χ2n) is 5.04. The summed E-state index contributed by atoms with van der Waals surface area (Å²) in [6, 6.07) is 4.97. The van der Waals surface area contributed by atoms with E-state index in [1.807, 2.05) is 18.2 Å². The van der Waals surface area contributed by atoms with Crippen molar-refractivity contribution in [2.45, 2.75) is 19.5 Å². The quantitative estimate of drug-likeness (QED) is 0.328. The van der Waals surface area contributed by atoms with Crippen LogP contribution >= 0.6 is 0 Å². The molecule has 0 unspecified atom stereocenters. The molecule has 2 aromatic heterocycles. The maximum absolute atomic E-state index is 12.1. The first kappa shape index (κ1) is 18.0. The predicted molar refractivity (Wildman–Crippen MR) is 90.2 cm³/mol. The third kappa shape index (κ3) is 5.99. The second-order valence-corrected chi connectivity index (χ2v) is 5.04. The molecular formula is C16H18N6O3. The Kier molecular flexibility index (Phi) is 6.55. The predicted octanol–water partition coefficient (Wildman–Crippen LogP) is 0.507. The monoisotopic (exact) mass is 342 g/mol. The number of hydrogen-bond donors (Lipinski definition) is 4. The molecule has 2 amide bonds. The molecule has 4 N–H and O–H groups in total. The molecule has 2 aromatic rings. The topological polar surface area (TPSA) is 129 Å². The highest BCUT2D eigenvalue weighted by Crippen LogP contribution is 2.05. The summed E-state index contributed by atoms with van der Waals surface area (Å²) in [6.45, 7) is 2.04. The summed E-state index contributed by atoms with van der Waals surface area (Å²) < 4.78 is 0. The summed E-state index contributed by atoms with van der Waals surface area (Å²) in [5.74, 6) is -0.442. The smallest absolute Gasteiger partial charge is 0.267 e. The maximum Gasteiger partial charge on any atom is 0.267 e. The molecule has 0 fully saturated rings. The Morgan fingerprint density at radius 3 is 2.72 bits per heavy atom. The van der Waals surface area contributed by atoms with E-state index in [4.69, 9.17) is 5.21 Å². The zero-order chi connectivity index (χ0) is 18.1. The summed E-state index contributed by atoms with van der Waals surface area (Å²) >= 11 is 0. The van der Waals surface area contributed by atoms with E-state index in [1.54, 1.807) is 13.1 Å². The number of amides is 2. The molecule has 0 aromatic carbocycles. The first-order valence-corrected chi connectivity index (χ1v) is 7.47. The Hall–Kier alpha value is -3.33. The van der Waals surface area contributed by atoms with Crippen LogP contribution < -0.4 is 16.1 Å². The summed E-state index contributed by atoms with van der Waals surface area (Å²) in [6.07, 6.45) is 7.05. The van der Waals surface area contributed by atoms with Crippen molar-refractivity contribution in [3.05, 3.63) is 54.3 Å². The first-order valence-electron chi connectivity index (χ1n) is 7.47. The zero-order valence-electron chi connectivity index (χ0n) is 13.5. The summed E-state index contributed by atoms with van der Waals surface area (Å²) in [4.78, 5) is 35.3. The lowest BCUT2D eigenvalue weighted by molar-refractivity contribution is -0.124. The van der Waals surface area contributed by atoms with Crippen molar-refractivity contribution in [2.75, 3.05) is 5.32 Å². The normalized spacial score (nSPS) is 11.8. The number of rotatable bonds is 7. The van der Waals surface area contributed by atoms with Crippen LogP contribution in [0.3, 0.4) is 0 Å². The Bertz CT molecular complexity index is 733. The van der Waals surface area contributed by atoms with Crippen molar-refractivity contribution in [3.63, 3.8) is 0 Å². The Labute approximate surface area is 144 Å². The number of anilines is 1. The lowest BCUT2D eigenvalue weighted by Gasteiger charge is -2.14. The molecule has 0 radical (unpaired) electrons. The van der Waals surface area contributed by atoms with Gasteiger partial charge in [0.05, 0.1) is 30.3 Å². The van der Waals surface area contributed by atoms with Gasteiger partial charge < -0.3 is 10.6 Å². The van der Waals surface area contributed by atoms with Crippen molar-refractivity contribution in [1.29, 1.82) is 0 Å². The molecule has 2 rings (SSSR count). The lowest BCUT2D eigenvalue weighted by atomic mass is 10.3. The lowest BCUT2D eigenvalue weighted by Crippen LogP contribution is -2.37. The van der Waals surface area contributed by atoms with E-state index in [-0.39, 0.29) is 5.91 Å². The fourth-order valence-corrected chi connectivity index (χ4v) is 1.82. The number of hydroxylamine groups is 1. The van der Waals surface area contributed by atoms with Gasteiger partial charge in [-0.2, -0.15) is 0 Å². The van der Waals surface area contributed by atoms with E-state index in [2.05, 4.69) is 25.6 Å². The molecule has 2 heterocycles. The average molecular weight is 342 g/mol. The molecule has 0 saturated carbocycles. The molecule has 0 bridgehead atoms. The highest BCUT2D eigenvalue weighted by Gasteiger charge is 2.13. The van der Waals surface area contributed by atoms with Crippen LogP contribution in [0.4, 0.5) is 5.82 Å². The number of carbonyl (C=O) groups excluding carboxylic acids is 2. The molecule has 0 saturated heterocycles. The van der Waals surface area contributed by atoms with Crippen LogP contribution in [-0.4, -0.2) is 38.0 Å². The van der Waals surface area contributed by atoms with Crippen LogP contribution in [0.25, 0.3) is 6.08 Å². The van der Waals surface area contributed by atoms with Gasteiger partial charge in [-0.1, -0.05) is 6.07 Å². The molecule has 0 aliphatic carbocycles. The average Bonchev–Trinajstić information content (AvgIpc) is 2.66. The zero-order valence-corrected chi connectivity index (χ0v) is 13.5. The third-order valence-electron chi connectivity index (χ3n) is 3.12.